The van der Waals surface area contributed by atoms with Gasteiger partial charge < -0.3 is 16.4 Å². The van der Waals surface area contributed by atoms with Gasteiger partial charge in [0, 0.05) is 5.54 Å². The van der Waals surface area contributed by atoms with Crippen molar-refractivity contribution in [3.8, 4) is 0 Å². The summed E-state index contributed by atoms with van der Waals surface area (Å²) in [7, 11) is 1.93. The molecule has 4 nitrogen and oxygen atoms in total. The lowest BCUT2D eigenvalue weighted by molar-refractivity contribution is -0.120. The molecule has 0 rings (SSSR count). The second-order valence-electron chi connectivity index (χ2n) is 4.95. The molecule has 0 radical (unpaired) electrons. The Morgan fingerprint density at radius 2 is 1.93 bits per heavy atom. The fourth-order valence-electron chi connectivity index (χ4n) is 1.46. The molecular weight excluding hydrogens is 190 g/mol. The summed E-state index contributed by atoms with van der Waals surface area (Å²) in [6, 6.07) is -0.207. The summed E-state index contributed by atoms with van der Waals surface area (Å²) in [6.45, 7) is 7.10. The SMILES string of the molecule is CNCCCCC(NC(C)(C)C)C(N)=O. The summed E-state index contributed by atoms with van der Waals surface area (Å²) in [5.41, 5.74) is 5.27. The molecule has 0 fully saturated rings. The van der Waals surface area contributed by atoms with Gasteiger partial charge in [-0.3, -0.25) is 4.79 Å². The maximum Gasteiger partial charge on any atom is 0.234 e. The van der Waals surface area contributed by atoms with E-state index < -0.39 is 0 Å². The minimum absolute atomic E-state index is 0.0668. The molecule has 0 aliphatic rings. The summed E-state index contributed by atoms with van der Waals surface area (Å²) >= 11 is 0. The number of unbranched alkanes of at least 4 members (excludes halogenated alkanes) is 1. The quantitative estimate of drug-likeness (QED) is 0.545. The van der Waals surface area contributed by atoms with Gasteiger partial charge in [-0.2, -0.15) is 0 Å². The Hall–Kier alpha value is -0.610. The second kappa shape index (κ2) is 6.80. The molecule has 1 unspecified atom stereocenters. The monoisotopic (exact) mass is 215 g/mol. The largest absolute Gasteiger partial charge is 0.368 e. The molecule has 15 heavy (non-hydrogen) atoms. The first-order chi connectivity index (χ1) is 6.87. The van der Waals surface area contributed by atoms with Crippen LogP contribution in [0, 0.1) is 0 Å². The lowest BCUT2D eigenvalue weighted by Gasteiger charge is -2.26. The van der Waals surface area contributed by atoms with Gasteiger partial charge in [-0.15, -0.1) is 0 Å². The molecule has 0 spiro atoms. The normalized spacial score (nSPS) is 13.9. The fraction of sp³-hybridized carbons (Fsp3) is 0.909. The molecule has 0 aromatic carbocycles. The van der Waals surface area contributed by atoms with E-state index in [1.165, 1.54) is 0 Å². The third-order valence-electron chi connectivity index (χ3n) is 2.12. The summed E-state index contributed by atoms with van der Waals surface area (Å²) in [5.74, 6) is -0.255. The summed E-state index contributed by atoms with van der Waals surface area (Å²) < 4.78 is 0. The molecule has 0 bridgehead atoms. The molecule has 0 saturated heterocycles. The maximum atomic E-state index is 11.2. The van der Waals surface area contributed by atoms with Crippen molar-refractivity contribution in [2.75, 3.05) is 13.6 Å². The van der Waals surface area contributed by atoms with Crippen LogP contribution in [0.5, 0.6) is 0 Å². The van der Waals surface area contributed by atoms with Crippen LogP contribution < -0.4 is 16.4 Å². The zero-order valence-electron chi connectivity index (χ0n) is 10.4. The summed E-state index contributed by atoms with van der Waals surface area (Å²) in [4.78, 5) is 11.2. The summed E-state index contributed by atoms with van der Waals surface area (Å²) in [5, 5.41) is 6.32. The van der Waals surface area contributed by atoms with Crippen molar-refractivity contribution < 1.29 is 4.79 Å². The highest BCUT2D eigenvalue weighted by molar-refractivity contribution is 5.79. The highest BCUT2D eigenvalue weighted by Crippen LogP contribution is 2.06. The highest BCUT2D eigenvalue weighted by Gasteiger charge is 2.20. The number of hydrogen-bond donors (Lipinski definition) is 3. The zero-order valence-corrected chi connectivity index (χ0v) is 10.4. The first-order valence-corrected chi connectivity index (χ1v) is 5.58. The number of primary amides is 1. The van der Waals surface area contributed by atoms with Gasteiger partial charge in [0.05, 0.1) is 6.04 Å². The van der Waals surface area contributed by atoms with Crippen LogP contribution in [0.25, 0.3) is 0 Å². The van der Waals surface area contributed by atoms with E-state index in [-0.39, 0.29) is 17.5 Å². The Labute approximate surface area is 93.0 Å². The van der Waals surface area contributed by atoms with Crippen LogP contribution in [0.1, 0.15) is 40.0 Å². The van der Waals surface area contributed by atoms with Gasteiger partial charge in [0.25, 0.3) is 0 Å². The molecular formula is C11H25N3O. The van der Waals surface area contributed by atoms with Crippen molar-refractivity contribution in [3.05, 3.63) is 0 Å². The topological polar surface area (TPSA) is 67.2 Å². The third-order valence-corrected chi connectivity index (χ3v) is 2.12. The van der Waals surface area contributed by atoms with E-state index in [0.717, 1.165) is 25.8 Å². The lowest BCUT2D eigenvalue weighted by Crippen LogP contribution is -2.50. The van der Waals surface area contributed by atoms with Crippen LogP contribution in [0.15, 0.2) is 0 Å². The molecule has 0 saturated carbocycles. The Balaban J connectivity index is 3.90. The van der Waals surface area contributed by atoms with Crippen molar-refractivity contribution in [2.24, 2.45) is 5.73 Å². The van der Waals surface area contributed by atoms with Crippen molar-refractivity contribution in [1.82, 2.24) is 10.6 Å². The van der Waals surface area contributed by atoms with Crippen LogP contribution in [-0.4, -0.2) is 31.1 Å². The number of carbonyl (C=O) groups is 1. The molecule has 1 amide bonds. The standard InChI is InChI=1S/C11H25N3O/c1-11(2,3)14-9(10(12)15)7-5-6-8-13-4/h9,13-14H,5-8H2,1-4H3,(H2,12,15). The number of rotatable bonds is 7. The van der Waals surface area contributed by atoms with Gasteiger partial charge in [-0.1, -0.05) is 6.42 Å². The molecule has 4 heteroatoms. The van der Waals surface area contributed by atoms with Crippen LogP contribution in [0.3, 0.4) is 0 Å². The molecule has 0 aliphatic carbocycles. The number of carbonyl (C=O) groups excluding carboxylic acids is 1. The van der Waals surface area contributed by atoms with Crippen LogP contribution in [-0.2, 0) is 4.79 Å². The van der Waals surface area contributed by atoms with Crippen LogP contribution >= 0.6 is 0 Å². The van der Waals surface area contributed by atoms with E-state index >= 15 is 0 Å². The number of hydrogen-bond acceptors (Lipinski definition) is 3. The molecule has 4 N–H and O–H groups in total. The van der Waals surface area contributed by atoms with Crippen molar-refractivity contribution in [1.29, 1.82) is 0 Å². The Morgan fingerprint density at radius 3 is 2.33 bits per heavy atom. The van der Waals surface area contributed by atoms with Crippen molar-refractivity contribution >= 4 is 5.91 Å². The predicted octanol–water partition coefficient (Wildman–Crippen LogP) is 0.618. The molecule has 0 aromatic rings. The van der Waals surface area contributed by atoms with Crippen LogP contribution in [0.4, 0.5) is 0 Å². The predicted molar refractivity (Wildman–Crippen MR) is 63.6 cm³/mol. The third kappa shape index (κ3) is 8.39. The number of amides is 1. The minimum Gasteiger partial charge on any atom is -0.368 e. The van der Waals surface area contributed by atoms with Crippen LogP contribution in [0.2, 0.25) is 0 Å². The minimum atomic E-state index is -0.255. The van der Waals surface area contributed by atoms with Crippen molar-refractivity contribution in [3.63, 3.8) is 0 Å². The first kappa shape index (κ1) is 14.4. The Kier molecular flexibility index (Phi) is 6.52. The second-order valence-corrected chi connectivity index (χ2v) is 4.95. The number of nitrogens with one attached hydrogen (secondary N) is 2. The van der Waals surface area contributed by atoms with E-state index in [1.807, 2.05) is 27.8 Å². The maximum absolute atomic E-state index is 11.2. The molecule has 0 aliphatic heterocycles. The van der Waals surface area contributed by atoms with Gasteiger partial charge in [-0.25, -0.2) is 0 Å². The highest BCUT2D eigenvalue weighted by atomic mass is 16.1. The van der Waals surface area contributed by atoms with E-state index in [4.69, 9.17) is 5.73 Å². The average Bonchev–Trinajstić information content (AvgIpc) is 2.08. The van der Waals surface area contributed by atoms with Gasteiger partial charge in [0.1, 0.15) is 0 Å². The molecule has 0 aromatic heterocycles. The first-order valence-electron chi connectivity index (χ1n) is 5.58. The van der Waals surface area contributed by atoms with Gasteiger partial charge in [0.2, 0.25) is 5.91 Å². The van der Waals surface area contributed by atoms with Gasteiger partial charge in [-0.05, 0) is 47.2 Å². The van der Waals surface area contributed by atoms with Crippen molar-refractivity contribution in [2.45, 2.75) is 51.6 Å². The lowest BCUT2D eigenvalue weighted by atomic mass is 10.0. The Morgan fingerprint density at radius 1 is 1.33 bits per heavy atom. The molecule has 90 valence electrons. The number of nitrogens with two attached hydrogens (primary N) is 1. The van der Waals surface area contributed by atoms with Gasteiger partial charge >= 0.3 is 0 Å². The zero-order chi connectivity index (χ0) is 11.9. The smallest absolute Gasteiger partial charge is 0.234 e. The van der Waals surface area contributed by atoms with E-state index in [9.17, 15) is 4.79 Å². The van der Waals surface area contributed by atoms with Gasteiger partial charge in [0.15, 0.2) is 0 Å². The Bertz CT molecular complexity index is 187. The fourth-order valence-corrected chi connectivity index (χ4v) is 1.46. The van der Waals surface area contributed by atoms with E-state index in [0.29, 0.717) is 0 Å². The van der Waals surface area contributed by atoms with E-state index in [2.05, 4.69) is 10.6 Å². The summed E-state index contributed by atoms with van der Waals surface area (Å²) in [6.07, 6.45) is 2.90. The van der Waals surface area contributed by atoms with E-state index in [1.54, 1.807) is 0 Å². The average molecular weight is 215 g/mol. The molecule has 1 atom stereocenters. The molecule has 0 heterocycles.